The van der Waals surface area contributed by atoms with Crippen LogP contribution in [0.1, 0.15) is 23.5 Å². The predicted molar refractivity (Wildman–Crippen MR) is 62.9 cm³/mol. The zero-order valence-electron chi connectivity index (χ0n) is 9.77. The van der Waals surface area contributed by atoms with E-state index in [1.165, 1.54) is 26.1 Å². The largest absolute Gasteiger partial charge is 0.463 e. The molecule has 1 fully saturated rings. The Morgan fingerprint density at radius 3 is 3.06 bits per heavy atom. The van der Waals surface area contributed by atoms with E-state index in [1.54, 1.807) is 6.07 Å². The number of carbonyl (C=O) groups excluding carboxylic acids is 1. The van der Waals surface area contributed by atoms with Gasteiger partial charge in [0.25, 0.3) is 0 Å². The van der Waals surface area contributed by atoms with Crippen molar-refractivity contribution in [1.29, 1.82) is 0 Å². The van der Waals surface area contributed by atoms with Crippen LogP contribution in [0, 0.1) is 0 Å². The van der Waals surface area contributed by atoms with Crippen molar-refractivity contribution in [3.63, 3.8) is 0 Å². The van der Waals surface area contributed by atoms with Crippen molar-refractivity contribution in [2.75, 3.05) is 25.5 Å². The molecule has 0 aromatic carbocycles. The van der Waals surface area contributed by atoms with Crippen LogP contribution in [0.5, 0.6) is 0 Å². The van der Waals surface area contributed by atoms with Gasteiger partial charge in [-0.15, -0.1) is 0 Å². The number of esters is 1. The van der Waals surface area contributed by atoms with Crippen molar-refractivity contribution < 1.29 is 9.53 Å². The lowest BCUT2D eigenvalue weighted by molar-refractivity contribution is 0.0587. The van der Waals surface area contributed by atoms with E-state index < -0.39 is 5.97 Å². The van der Waals surface area contributed by atoms with E-state index in [2.05, 4.69) is 25.3 Å². The number of carbonyl (C=O) groups is 1. The van der Waals surface area contributed by atoms with Crippen LogP contribution >= 0.6 is 0 Å². The average Bonchev–Trinajstić information content (AvgIpc) is 3.18. The smallest absolute Gasteiger partial charge is 0.376 e. The molecule has 0 unspecified atom stereocenters. The molecule has 0 amide bonds. The summed E-state index contributed by atoms with van der Waals surface area (Å²) >= 11 is 0. The highest BCUT2D eigenvalue weighted by molar-refractivity contribution is 5.85. The van der Waals surface area contributed by atoms with Crippen LogP contribution in [-0.2, 0) is 4.74 Å². The summed E-state index contributed by atoms with van der Waals surface area (Å²) in [6.45, 7) is 1.66. The molecule has 2 N–H and O–H groups in total. The second-order valence-corrected chi connectivity index (χ2v) is 3.91. The summed E-state index contributed by atoms with van der Waals surface area (Å²) in [6, 6.07) is 2.43. The van der Waals surface area contributed by atoms with E-state index in [0.29, 0.717) is 11.9 Å². The number of methoxy groups -OCH3 is 1. The van der Waals surface area contributed by atoms with Gasteiger partial charge in [-0.2, -0.15) is 0 Å². The van der Waals surface area contributed by atoms with Gasteiger partial charge in [-0.25, -0.2) is 14.8 Å². The van der Waals surface area contributed by atoms with E-state index in [4.69, 9.17) is 0 Å². The Kier molecular flexibility index (Phi) is 3.87. The molecule has 1 aliphatic rings. The molecule has 6 nitrogen and oxygen atoms in total. The number of nitrogens with zero attached hydrogens (tertiary/aromatic N) is 2. The summed E-state index contributed by atoms with van der Waals surface area (Å²) in [5, 5.41) is 6.50. The molecule has 0 saturated heterocycles. The summed E-state index contributed by atoms with van der Waals surface area (Å²) in [4.78, 5) is 19.1. The lowest BCUT2D eigenvalue weighted by Gasteiger charge is -2.06. The topological polar surface area (TPSA) is 76.1 Å². The molecule has 2 rings (SSSR count). The molecular formula is C11H16N4O2. The molecule has 1 heterocycles. The Bertz CT molecular complexity index is 393. The lowest BCUT2D eigenvalue weighted by atomic mass is 10.5. The van der Waals surface area contributed by atoms with Gasteiger partial charge in [0.2, 0.25) is 5.82 Å². The van der Waals surface area contributed by atoms with E-state index in [9.17, 15) is 4.79 Å². The van der Waals surface area contributed by atoms with E-state index in [-0.39, 0.29) is 5.82 Å². The molecule has 6 heteroatoms. The molecule has 0 radical (unpaired) electrons. The third kappa shape index (κ3) is 3.67. The molecule has 0 aliphatic heterocycles. The van der Waals surface area contributed by atoms with Gasteiger partial charge >= 0.3 is 5.97 Å². The fraction of sp³-hybridized carbons (Fsp3) is 0.545. The molecular weight excluding hydrogens is 220 g/mol. The minimum atomic E-state index is -0.523. The maximum Gasteiger partial charge on any atom is 0.376 e. The van der Waals surface area contributed by atoms with Gasteiger partial charge in [0, 0.05) is 25.3 Å². The summed E-state index contributed by atoms with van der Waals surface area (Å²) in [6.07, 6.45) is 4.09. The first-order chi connectivity index (χ1) is 8.29. The quantitative estimate of drug-likeness (QED) is 0.551. The third-order valence-corrected chi connectivity index (χ3v) is 2.47. The highest BCUT2D eigenvalue weighted by Gasteiger charge is 2.19. The molecule has 0 atom stereocenters. The zero-order chi connectivity index (χ0) is 12.1. The maximum atomic E-state index is 11.2. The lowest BCUT2D eigenvalue weighted by Crippen LogP contribution is -2.24. The zero-order valence-corrected chi connectivity index (χ0v) is 9.77. The van der Waals surface area contributed by atoms with Crippen LogP contribution in [0.4, 0.5) is 5.82 Å². The van der Waals surface area contributed by atoms with Gasteiger partial charge in [0.05, 0.1) is 7.11 Å². The van der Waals surface area contributed by atoms with Gasteiger partial charge in [-0.1, -0.05) is 0 Å². The monoisotopic (exact) mass is 236 g/mol. The number of hydrogen-bond acceptors (Lipinski definition) is 6. The van der Waals surface area contributed by atoms with Crippen LogP contribution in [-0.4, -0.2) is 42.2 Å². The second kappa shape index (κ2) is 5.58. The van der Waals surface area contributed by atoms with Crippen molar-refractivity contribution in [3.8, 4) is 0 Å². The van der Waals surface area contributed by atoms with Crippen molar-refractivity contribution in [3.05, 3.63) is 18.1 Å². The summed E-state index contributed by atoms with van der Waals surface area (Å²) in [7, 11) is 1.31. The number of anilines is 1. The molecule has 1 aromatic rings. The highest BCUT2D eigenvalue weighted by atomic mass is 16.5. The number of rotatable bonds is 6. The summed E-state index contributed by atoms with van der Waals surface area (Å²) in [5.74, 6) is 0.190. The van der Waals surface area contributed by atoms with Gasteiger partial charge in [0.15, 0.2) is 0 Å². The highest BCUT2D eigenvalue weighted by Crippen LogP contribution is 2.17. The number of ether oxygens (including phenoxy) is 1. The molecule has 1 saturated carbocycles. The molecule has 1 aromatic heterocycles. The average molecular weight is 236 g/mol. The first-order valence-corrected chi connectivity index (χ1v) is 5.68. The Balaban J connectivity index is 1.80. The van der Waals surface area contributed by atoms with Crippen molar-refractivity contribution in [1.82, 2.24) is 15.3 Å². The molecule has 17 heavy (non-hydrogen) atoms. The van der Waals surface area contributed by atoms with Gasteiger partial charge in [-0.3, -0.25) is 0 Å². The number of aromatic nitrogens is 2. The van der Waals surface area contributed by atoms with Crippen molar-refractivity contribution in [2.24, 2.45) is 0 Å². The molecule has 0 bridgehead atoms. The van der Waals surface area contributed by atoms with Crippen LogP contribution in [0.3, 0.4) is 0 Å². The van der Waals surface area contributed by atoms with Crippen molar-refractivity contribution in [2.45, 2.75) is 18.9 Å². The number of nitrogens with one attached hydrogen (secondary N) is 2. The van der Waals surface area contributed by atoms with Crippen LogP contribution in [0.2, 0.25) is 0 Å². The second-order valence-electron chi connectivity index (χ2n) is 3.91. The Labute approximate surface area is 99.8 Å². The van der Waals surface area contributed by atoms with Gasteiger partial charge in [0.1, 0.15) is 5.82 Å². The third-order valence-electron chi connectivity index (χ3n) is 2.47. The van der Waals surface area contributed by atoms with E-state index in [1.807, 2.05) is 0 Å². The van der Waals surface area contributed by atoms with Crippen molar-refractivity contribution >= 4 is 11.8 Å². The molecule has 1 aliphatic carbocycles. The molecule has 0 spiro atoms. The first-order valence-electron chi connectivity index (χ1n) is 5.68. The molecule has 92 valence electrons. The van der Waals surface area contributed by atoms with Gasteiger partial charge < -0.3 is 15.4 Å². The van der Waals surface area contributed by atoms with Gasteiger partial charge in [-0.05, 0) is 18.9 Å². The van der Waals surface area contributed by atoms with Crippen LogP contribution in [0.15, 0.2) is 12.3 Å². The SMILES string of the molecule is COC(=O)c1nccc(NCCNC2CC2)n1. The first kappa shape index (κ1) is 11.8. The predicted octanol–water partition coefficient (Wildman–Crippen LogP) is 0.427. The van der Waals surface area contributed by atoms with Crippen LogP contribution in [0.25, 0.3) is 0 Å². The Morgan fingerprint density at radius 1 is 1.53 bits per heavy atom. The number of hydrogen-bond donors (Lipinski definition) is 2. The van der Waals surface area contributed by atoms with Crippen LogP contribution < -0.4 is 10.6 Å². The normalized spacial score (nSPS) is 14.4. The fourth-order valence-electron chi connectivity index (χ4n) is 1.40. The Hall–Kier alpha value is -1.69. The minimum absolute atomic E-state index is 0.0765. The summed E-state index contributed by atoms with van der Waals surface area (Å²) < 4.78 is 4.55. The minimum Gasteiger partial charge on any atom is -0.463 e. The standard InChI is InChI=1S/C11H16N4O2/c1-17-11(16)10-14-5-4-9(15-10)13-7-6-12-8-2-3-8/h4-5,8,12H,2-3,6-7H2,1H3,(H,13,14,15). The van der Waals surface area contributed by atoms with E-state index in [0.717, 1.165) is 13.1 Å². The fourth-order valence-corrected chi connectivity index (χ4v) is 1.40. The maximum absolute atomic E-state index is 11.2. The Morgan fingerprint density at radius 2 is 2.35 bits per heavy atom. The van der Waals surface area contributed by atoms with E-state index >= 15 is 0 Å². The summed E-state index contributed by atoms with van der Waals surface area (Å²) in [5.41, 5.74) is 0.